The highest BCUT2D eigenvalue weighted by atomic mass is 32.2. The van der Waals surface area contributed by atoms with Gasteiger partial charge in [-0.05, 0) is 68.1 Å². The van der Waals surface area contributed by atoms with E-state index in [1.54, 1.807) is 31.4 Å². The molecule has 0 radical (unpaired) electrons. The van der Waals surface area contributed by atoms with E-state index < -0.39 is 10.0 Å². The second-order valence-electron chi connectivity index (χ2n) is 7.17. The Morgan fingerprint density at radius 1 is 1.06 bits per heavy atom. The number of carbonyl (C=O) groups is 1. The van der Waals surface area contributed by atoms with E-state index in [9.17, 15) is 13.2 Å². The SMILES string of the molecule is CCOc1ccc(N(CCCC(=O)NCCCc2cccc(OC)c2)S(C)(=O)=O)cc1. The number of hydrogen-bond acceptors (Lipinski definition) is 5. The lowest BCUT2D eigenvalue weighted by Gasteiger charge is -2.22. The van der Waals surface area contributed by atoms with E-state index >= 15 is 0 Å². The van der Waals surface area contributed by atoms with Gasteiger partial charge in [-0.2, -0.15) is 0 Å². The minimum absolute atomic E-state index is 0.0780. The molecule has 0 aliphatic carbocycles. The van der Waals surface area contributed by atoms with Gasteiger partial charge in [0.25, 0.3) is 0 Å². The zero-order valence-electron chi connectivity index (χ0n) is 18.5. The summed E-state index contributed by atoms with van der Waals surface area (Å²) in [5.74, 6) is 1.43. The average molecular weight is 449 g/mol. The van der Waals surface area contributed by atoms with Crippen molar-refractivity contribution in [2.45, 2.75) is 32.6 Å². The van der Waals surface area contributed by atoms with E-state index in [0.717, 1.165) is 24.2 Å². The molecular weight excluding hydrogens is 416 g/mol. The molecule has 31 heavy (non-hydrogen) atoms. The molecule has 0 unspecified atom stereocenters. The topological polar surface area (TPSA) is 84.9 Å². The maximum Gasteiger partial charge on any atom is 0.232 e. The molecule has 7 nitrogen and oxygen atoms in total. The number of ether oxygens (including phenoxy) is 2. The first-order chi connectivity index (χ1) is 14.8. The van der Waals surface area contributed by atoms with Crippen molar-refractivity contribution in [2.24, 2.45) is 0 Å². The van der Waals surface area contributed by atoms with Gasteiger partial charge in [0, 0.05) is 19.5 Å². The van der Waals surface area contributed by atoms with E-state index in [4.69, 9.17) is 9.47 Å². The number of aryl methyl sites for hydroxylation is 1. The Hall–Kier alpha value is -2.74. The lowest BCUT2D eigenvalue weighted by Crippen LogP contribution is -2.32. The van der Waals surface area contributed by atoms with Crippen LogP contribution in [0.2, 0.25) is 0 Å². The van der Waals surface area contributed by atoms with E-state index in [2.05, 4.69) is 5.32 Å². The molecular formula is C23H32N2O5S. The molecule has 0 heterocycles. The molecule has 0 aliphatic heterocycles. The first-order valence-electron chi connectivity index (χ1n) is 10.4. The van der Waals surface area contributed by atoms with Crippen molar-refractivity contribution in [2.75, 3.05) is 37.4 Å². The second-order valence-corrected chi connectivity index (χ2v) is 9.08. The number of rotatable bonds is 13. The smallest absolute Gasteiger partial charge is 0.232 e. The van der Waals surface area contributed by atoms with Crippen LogP contribution in [0.15, 0.2) is 48.5 Å². The summed E-state index contributed by atoms with van der Waals surface area (Å²) in [7, 11) is -1.81. The molecule has 170 valence electrons. The fourth-order valence-corrected chi connectivity index (χ4v) is 4.15. The molecule has 0 aromatic heterocycles. The summed E-state index contributed by atoms with van der Waals surface area (Å²) in [5, 5.41) is 2.90. The summed E-state index contributed by atoms with van der Waals surface area (Å²) in [4.78, 5) is 12.1. The van der Waals surface area contributed by atoms with E-state index in [1.165, 1.54) is 10.6 Å². The zero-order chi connectivity index (χ0) is 22.7. The van der Waals surface area contributed by atoms with Gasteiger partial charge < -0.3 is 14.8 Å². The standard InChI is InChI=1S/C23H32N2O5S/c1-4-30-21-14-12-20(13-15-21)25(31(3,27)28)17-7-11-23(26)24-16-6-9-19-8-5-10-22(18-19)29-2/h5,8,10,12-15,18H,4,6-7,9,11,16-17H2,1-3H3,(H,24,26). The molecule has 1 N–H and O–H groups in total. The summed E-state index contributed by atoms with van der Waals surface area (Å²) in [5.41, 5.74) is 1.72. The number of nitrogens with one attached hydrogen (secondary N) is 1. The molecule has 2 rings (SSSR count). The largest absolute Gasteiger partial charge is 0.497 e. The van der Waals surface area contributed by atoms with Crippen LogP contribution in [-0.2, 0) is 21.2 Å². The van der Waals surface area contributed by atoms with Crippen molar-refractivity contribution < 1.29 is 22.7 Å². The second kappa shape index (κ2) is 12.2. The molecule has 0 fully saturated rings. The normalized spacial score (nSPS) is 11.1. The third-order valence-electron chi connectivity index (χ3n) is 4.70. The highest BCUT2D eigenvalue weighted by molar-refractivity contribution is 7.92. The molecule has 0 bridgehead atoms. The van der Waals surface area contributed by atoms with Gasteiger partial charge in [-0.3, -0.25) is 9.10 Å². The number of hydrogen-bond donors (Lipinski definition) is 1. The van der Waals surface area contributed by atoms with E-state index in [1.807, 2.05) is 31.2 Å². The van der Waals surface area contributed by atoms with Crippen LogP contribution in [0.5, 0.6) is 11.5 Å². The number of anilines is 1. The fourth-order valence-electron chi connectivity index (χ4n) is 3.18. The van der Waals surface area contributed by atoms with Gasteiger partial charge in [-0.25, -0.2) is 8.42 Å². The number of methoxy groups -OCH3 is 1. The molecule has 0 atom stereocenters. The predicted molar refractivity (Wildman–Crippen MR) is 123 cm³/mol. The Morgan fingerprint density at radius 2 is 1.81 bits per heavy atom. The average Bonchev–Trinajstić information content (AvgIpc) is 2.74. The molecule has 0 saturated heterocycles. The Morgan fingerprint density at radius 3 is 2.45 bits per heavy atom. The van der Waals surface area contributed by atoms with Gasteiger partial charge in [0.15, 0.2) is 0 Å². The van der Waals surface area contributed by atoms with Crippen molar-refractivity contribution >= 4 is 21.6 Å². The van der Waals surface area contributed by atoms with Gasteiger partial charge in [0.05, 0.1) is 25.7 Å². The van der Waals surface area contributed by atoms with Crippen LogP contribution in [0.4, 0.5) is 5.69 Å². The lowest BCUT2D eigenvalue weighted by molar-refractivity contribution is -0.121. The first kappa shape index (κ1) is 24.5. The van der Waals surface area contributed by atoms with E-state index in [0.29, 0.717) is 31.0 Å². The van der Waals surface area contributed by atoms with Gasteiger partial charge in [-0.15, -0.1) is 0 Å². The van der Waals surface area contributed by atoms with Crippen LogP contribution in [-0.4, -0.2) is 47.4 Å². The molecule has 0 spiro atoms. The van der Waals surface area contributed by atoms with Gasteiger partial charge in [-0.1, -0.05) is 12.1 Å². The Kier molecular flexibility index (Phi) is 9.65. The van der Waals surface area contributed by atoms with Crippen LogP contribution in [0.3, 0.4) is 0 Å². The summed E-state index contributed by atoms with van der Waals surface area (Å²) in [6.07, 6.45) is 3.53. The predicted octanol–water partition coefficient (Wildman–Crippen LogP) is 3.39. The van der Waals surface area contributed by atoms with Crippen molar-refractivity contribution in [1.29, 1.82) is 0 Å². The molecule has 0 aliphatic rings. The number of nitrogens with zero attached hydrogens (tertiary/aromatic N) is 1. The number of amides is 1. The summed E-state index contributed by atoms with van der Waals surface area (Å²) < 4.78 is 36.3. The fraction of sp³-hybridized carbons (Fsp3) is 0.435. The van der Waals surface area contributed by atoms with Crippen LogP contribution in [0.25, 0.3) is 0 Å². The van der Waals surface area contributed by atoms with Crippen LogP contribution in [0.1, 0.15) is 31.7 Å². The third kappa shape index (κ3) is 8.49. The summed E-state index contributed by atoms with van der Waals surface area (Å²) in [6.45, 7) is 3.25. The monoisotopic (exact) mass is 448 g/mol. The Labute approximate surface area is 185 Å². The first-order valence-corrected chi connectivity index (χ1v) is 12.3. The van der Waals surface area contributed by atoms with Crippen molar-refractivity contribution in [1.82, 2.24) is 5.32 Å². The van der Waals surface area contributed by atoms with Crippen LogP contribution in [0, 0.1) is 0 Å². The molecule has 8 heteroatoms. The van der Waals surface area contributed by atoms with Crippen molar-refractivity contribution in [3.63, 3.8) is 0 Å². The number of carbonyl (C=O) groups excluding carboxylic acids is 1. The minimum Gasteiger partial charge on any atom is -0.497 e. The van der Waals surface area contributed by atoms with E-state index in [-0.39, 0.29) is 18.9 Å². The summed E-state index contributed by atoms with van der Waals surface area (Å²) >= 11 is 0. The number of benzene rings is 2. The van der Waals surface area contributed by atoms with Gasteiger partial charge in [0.1, 0.15) is 11.5 Å². The minimum atomic E-state index is -3.45. The van der Waals surface area contributed by atoms with Crippen LogP contribution >= 0.6 is 0 Å². The zero-order valence-corrected chi connectivity index (χ0v) is 19.3. The highest BCUT2D eigenvalue weighted by Crippen LogP contribution is 2.22. The molecule has 2 aromatic rings. The maximum atomic E-state index is 12.2. The Balaban J connectivity index is 1.76. The van der Waals surface area contributed by atoms with Crippen molar-refractivity contribution in [3.05, 3.63) is 54.1 Å². The Bertz CT molecular complexity index is 929. The molecule has 2 aromatic carbocycles. The van der Waals surface area contributed by atoms with Crippen LogP contribution < -0.4 is 19.1 Å². The molecule has 0 saturated carbocycles. The lowest BCUT2D eigenvalue weighted by atomic mass is 10.1. The molecule has 1 amide bonds. The van der Waals surface area contributed by atoms with Gasteiger partial charge >= 0.3 is 0 Å². The summed E-state index contributed by atoms with van der Waals surface area (Å²) in [6, 6.07) is 14.8. The third-order valence-corrected chi connectivity index (χ3v) is 5.89. The quantitative estimate of drug-likeness (QED) is 0.475. The van der Waals surface area contributed by atoms with Gasteiger partial charge in [0.2, 0.25) is 15.9 Å². The van der Waals surface area contributed by atoms with Crippen molar-refractivity contribution in [3.8, 4) is 11.5 Å². The highest BCUT2D eigenvalue weighted by Gasteiger charge is 2.17. The maximum absolute atomic E-state index is 12.2. The number of sulfonamides is 1.